The van der Waals surface area contributed by atoms with Crippen molar-refractivity contribution in [1.82, 2.24) is 4.98 Å². The standard InChI is InChI=1S/C22H26ClN3O3S/c1-5-7-8-15-10-9-14(13-24)22(25-15)30-20(6-2)21(27)26-17-11-16(23)18(28-3)12-19(17)29-4/h9-12,20H,5-8H2,1-4H3,(H,26,27). The van der Waals surface area contributed by atoms with Crippen molar-refractivity contribution in [2.45, 2.75) is 49.8 Å². The van der Waals surface area contributed by atoms with Crippen LogP contribution in [0.3, 0.4) is 0 Å². The number of methoxy groups -OCH3 is 2. The second-order valence-corrected chi connectivity index (χ2v) is 8.16. The predicted octanol–water partition coefficient (Wildman–Crippen LogP) is 5.48. The average molecular weight is 448 g/mol. The maximum Gasteiger partial charge on any atom is 0.238 e. The van der Waals surface area contributed by atoms with Crippen LogP contribution in [0.4, 0.5) is 5.69 Å². The van der Waals surface area contributed by atoms with Crippen molar-refractivity contribution in [1.29, 1.82) is 5.26 Å². The highest BCUT2D eigenvalue weighted by molar-refractivity contribution is 8.00. The van der Waals surface area contributed by atoms with Crippen LogP contribution in [-0.2, 0) is 11.2 Å². The Morgan fingerprint density at radius 1 is 1.27 bits per heavy atom. The van der Waals surface area contributed by atoms with Crippen molar-refractivity contribution in [2.24, 2.45) is 0 Å². The molecule has 1 heterocycles. The third-order valence-corrected chi connectivity index (χ3v) is 6.14. The van der Waals surface area contributed by atoms with Gasteiger partial charge in [-0.15, -0.1) is 0 Å². The van der Waals surface area contributed by atoms with Gasteiger partial charge in [0.25, 0.3) is 0 Å². The van der Waals surface area contributed by atoms with E-state index in [-0.39, 0.29) is 5.91 Å². The highest BCUT2D eigenvalue weighted by Gasteiger charge is 2.22. The van der Waals surface area contributed by atoms with Crippen LogP contribution in [0.5, 0.6) is 11.5 Å². The van der Waals surface area contributed by atoms with Crippen LogP contribution in [0.2, 0.25) is 5.02 Å². The van der Waals surface area contributed by atoms with E-state index in [1.165, 1.54) is 26.0 Å². The third kappa shape index (κ3) is 6.04. The lowest BCUT2D eigenvalue weighted by atomic mass is 10.2. The average Bonchev–Trinajstić information content (AvgIpc) is 2.76. The van der Waals surface area contributed by atoms with E-state index in [4.69, 9.17) is 21.1 Å². The molecule has 2 aromatic rings. The summed E-state index contributed by atoms with van der Waals surface area (Å²) >= 11 is 7.50. The molecule has 8 heteroatoms. The van der Waals surface area contributed by atoms with Crippen LogP contribution in [0, 0.1) is 11.3 Å². The largest absolute Gasteiger partial charge is 0.495 e. The molecule has 2 rings (SSSR count). The molecule has 1 unspecified atom stereocenters. The van der Waals surface area contributed by atoms with Gasteiger partial charge in [0.1, 0.15) is 22.6 Å². The van der Waals surface area contributed by atoms with Crippen molar-refractivity contribution in [3.63, 3.8) is 0 Å². The number of thioether (sulfide) groups is 1. The zero-order valence-corrected chi connectivity index (χ0v) is 19.2. The Bertz CT molecular complexity index is 931. The Balaban J connectivity index is 2.24. The smallest absolute Gasteiger partial charge is 0.238 e. The fourth-order valence-corrected chi connectivity index (χ4v) is 4.03. The summed E-state index contributed by atoms with van der Waals surface area (Å²) in [6.45, 7) is 4.04. The molecule has 1 N–H and O–H groups in total. The van der Waals surface area contributed by atoms with Crippen molar-refractivity contribution in [2.75, 3.05) is 19.5 Å². The molecular weight excluding hydrogens is 422 g/mol. The summed E-state index contributed by atoms with van der Waals surface area (Å²) in [5, 5.41) is 12.8. The quantitative estimate of drug-likeness (QED) is 0.485. The molecule has 160 valence electrons. The number of nitrogens with one attached hydrogen (secondary N) is 1. The number of hydrogen-bond acceptors (Lipinski definition) is 6. The Labute approximate surface area is 186 Å². The zero-order valence-electron chi connectivity index (χ0n) is 17.6. The maximum atomic E-state index is 13.0. The number of pyridine rings is 1. The van der Waals surface area contributed by atoms with Crippen LogP contribution >= 0.6 is 23.4 Å². The van der Waals surface area contributed by atoms with E-state index in [1.807, 2.05) is 13.0 Å². The van der Waals surface area contributed by atoms with Crippen LogP contribution in [0.1, 0.15) is 44.4 Å². The Hall–Kier alpha value is -2.43. The summed E-state index contributed by atoms with van der Waals surface area (Å²) in [5.74, 6) is 0.688. The van der Waals surface area contributed by atoms with Crippen molar-refractivity contribution in [3.8, 4) is 17.6 Å². The van der Waals surface area contributed by atoms with Gasteiger partial charge in [0.15, 0.2) is 0 Å². The molecule has 0 aliphatic carbocycles. The van der Waals surface area contributed by atoms with Crippen LogP contribution in [0.15, 0.2) is 29.3 Å². The van der Waals surface area contributed by atoms with Gasteiger partial charge in [-0.2, -0.15) is 5.26 Å². The molecule has 0 fully saturated rings. The summed E-state index contributed by atoms with van der Waals surface area (Å²) in [6, 6.07) is 9.04. The van der Waals surface area contributed by atoms with Gasteiger partial charge >= 0.3 is 0 Å². The van der Waals surface area contributed by atoms with Crippen molar-refractivity contribution in [3.05, 3.63) is 40.5 Å². The minimum atomic E-state index is -0.434. The van der Waals surface area contributed by atoms with Gasteiger partial charge in [0.05, 0.1) is 35.7 Å². The fraction of sp³-hybridized carbons (Fsp3) is 0.409. The molecule has 0 bridgehead atoms. The molecule has 30 heavy (non-hydrogen) atoms. The van der Waals surface area contributed by atoms with Crippen LogP contribution in [0.25, 0.3) is 0 Å². The number of aromatic nitrogens is 1. The second kappa shape index (κ2) is 11.7. The number of unbranched alkanes of at least 4 members (excludes halogenated alkanes) is 1. The number of carbonyl (C=O) groups is 1. The van der Waals surface area contributed by atoms with E-state index in [2.05, 4.69) is 23.3 Å². The van der Waals surface area contributed by atoms with Gasteiger partial charge in [0.2, 0.25) is 5.91 Å². The van der Waals surface area contributed by atoms with E-state index in [9.17, 15) is 10.1 Å². The van der Waals surface area contributed by atoms with Gasteiger partial charge in [-0.05, 0) is 37.5 Å². The maximum absolute atomic E-state index is 13.0. The van der Waals surface area contributed by atoms with Gasteiger partial charge < -0.3 is 14.8 Å². The number of halogens is 1. The van der Waals surface area contributed by atoms with E-state index >= 15 is 0 Å². The number of nitrogens with zero attached hydrogens (tertiary/aromatic N) is 2. The number of carbonyl (C=O) groups excluding carboxylic acids is 1. The molecule has 0 saturated heterocycles. The highest BCUT2D eigenvalue weighted by Crippen LogP contribution is 2.37. The molecule has 0 aliphatic heterocycles. The number of hydrogen-bond donors (Lipinski definition) is 1. The highest BCUT2D eigenvalue weighted by atomic mass is 35.5. The number of ether oxygens (including phenoxy) is 2. The molecule has 1 aromatic heterocycles. The van der Waals surface area contributed by atoms with Crippen LogP contribution < -0.4 is 14.8 Å². The summed E-state index contributed by atoms with van der Waals surface area (Å²) in [7, 11) is 3.02. The van der Waals surface area contributed by atoms with E-state index in [0.717, 1.165) is 25.0 Å². The third-order valence-electron chi connectivity index (χ3n) is 4.47. The number of benzene rings is 1. The van der Waals surface area contributed by atoms with Gasteiger partial charge in [0, 0.05) is 11.8 Å². The number of nitriles is 1. The zero-order chi connectivity index (χ0) is 22.1. The molecule has 1 aromatic carbocycles. The van der Waals surface area contributed by atoms with Gasteiger partial charge in [-0.1, -0.05) is 43.6 Å². The first-order chi connectivity index (χ1) is 14.5. The van der Waals surface area contributed by atoms with E-state index < -0.39 is 5.25 Å². The predicted molar refractivity (Wildman–Crippen MR) is 121 cm³/mol. The summed E-state index contributed by atoms with van der Waals surface area (Å²) < 4.78 is 10.5. The molecule has 0 radical (unpaired) electrons. The molecule has 0 aliphatic rings. The summed E-state index contributed by atoms with van der Waals surface area (Å²) in [6.07, 6.45) is 3.50. The molecule has 0 spiro atoms. The van der Waals surface area contributed by atoms with E-state index in [0.29, 0.717) is 39.2 Å². The number of rotatable bonds is 10. The van der Waals surface area contributed by atoms with Crippen molar-refractivity contribution >= 4 is 35.0 Å². The van der Waals surface area contributed by atoms with Gasteiger partial charge in [-0.25, -0.2) is 4.98 Å². The lowest BCUT2D eigenvalue weighted by Gasteiger charge is -2.17. The monoisotopic (exact) mass is 447 g/mol. The lowest BCUT2D eigenvalue weighted by Crippen LogP contribution is -2.25. The molecule has 6 nitrogen and oxygen atoms in total. The second-order valence-electron chi connectivity index (χ2n) is 6.56. The number of anilines is 1. The Morgan fingerprint density at radius 2 is 2.00 bits per heavy atom. The summed E-state index contributed by atoms with van der Waals surface area (Å²) in [5.41, 5.74) is 1.85. The first kappa shape index (κ1) is 23.8. The molecule has 0 saturated carbocycles. The topological polar surface area (TPSA) is 84.2 Å². The minimum Gasteiger partial charge on any atom is -0.495 e. The molecular formula is C22H26ClN3O3S. The van der Waals surface area contributed by atoms with E-state index in [1.54, 1.807) is 18.2 Å². The Kier molecular flexibility index (Phi) is 9.28. The number of amides is 1. The SMILES string of the molecule is CCCCc1ccc(C#N)c(SC(CC)C(=O)Nc2cc(Cl)c(OC)cc2OC)n1. The molecule has 1 atom stereocenters. The molecule has 1 amide bonds. The Morgan fingerprint density at radius 3 is 2.60 bits per heavy atom. The van der Waals surface area contributed by atoms with Crippen LogP contribution in [-0.4, -0.2) is 30.4 Å². The minimum absolute atomic E-state index is 0.216. The lowest BCUT2D eigenvalue weighted by molar-refractivity contribution is -0.115. The number of aryl methyl sites for hydroxylation is 1. The first-order valence-electron chi connectivity index (χ1n) is 9.76. The first-order valence-corrected chi connectivity index (χ1v) is 11.0. The van der Waals surface area contributed by atoms with Crippen molar-refractivity contribution < 1.29 is 14.3 Å². The fourth-order valence-electron chi connectivity index (χ4n) is 2.78. The normalized spacial score (nSPS) is 11.5. The summed E-state index contributed by atoms with van der Waals surface area (Å²) in [4.78, 5) is 17.6. The van der Waals surface area contributed by atoms with Gasteiger partial charge in [-0.3, -0.25) is 4.79 Å².